The average molecular weight is 293 g/mol. The minimum Gasteiger partial charge on any atom is -0.449 e. The Balaban J connectivity index is 0.000000302. The number of nitrogen functional groups attached to an aromatic ring is 2. The molecule has 1 aromatic heterocycles. The lowest BCUT2D eigenvalue weighted by Crippen LogP contribution is -2.08. The van der Waals surface area contributed by atoms with Gasteiger partial charge >= 0.3 is 0 Å². The lowest BCUT2D eigenvalue weighted by molar-refractivity contribution is 0.500. The molecule has 1 heterocycles. The van der Waals surface area contributed by atoms with Gasteiger partial charge in [-0.25, -0.2) is 9.97 Å². The molecule has 0 radical (unpaired) electrons. The molecule has 98 valence electrons. The summed E-state index contributed by atoms with van der Waals surface area (Å²) < 4.78 is 10.3. The Morgan fingerprint density at radius 1 is 1.29 bits per heavy atom. The first-order valence-electron chi connectivity index (χ1n) is 5.17. The van der Waals surface area contributed by atoms with Crippen LogP contribution in [0, 0.1) is 0 Å². The normalized spacial score (nSPS) is 11.1. The van der Waals surface area contributed by atoms with Gasteiger partial charge < -0.3 is 25.4 Å². The van der Waals surface area contributed by atoms with E-state index in [1.54, 1.807) is 0 Å². The molecule has 0 aliphatic heterocycles. The molecule has 0 bridgehead atoms. The Hall–Kier alpha value is -0.859. The molecule has 0 spiro atoms. The first-order valence-corrected chi connectivity index (χ1v) is 8.72. The Morgan fingerprint density at radius 2 is 1.94 bits per heavy atom. The van der Waals surface area contributed by atoms with Crippen LogP contribution in [0.5, 0.6) is 0 Å². The van der Waals surface area contributed by atoms with Gasteiger partial charge in [0.2, 0.25) is 11.9 Å². The van der Waals surface area contributed by atoms with Crippen LogP contribution in [-0.2, 0) is 8.23 Å². The lowest BCUT2D eigenvalue weighted by atomic mass is 10.5. The van der Waals surface area contributed by atoms with Crippen molar-refractivity contribution in [3.63, 3.8) is 0 Å². The number of aromatic nitrogens is 3. The molecule has 8 nitrogen and oxygen atoms in total. The summed E-state index contributed by atoms with van der Waals surface area (Å²) in [4.78, 5) is 10.5. The Morgan fingerprint density at radius 3 is 2.35 bits per heavy atom. The second kappa shape index (κ2) is 11.6. The van der Waals surface area contributed by atoms with Gasteiger partial charge in [0.05, 0.1) is 0 Å². The fourth-order valence-corrected chi connectivity index (χ4v) is 4.76. The van der Waals surface area contributed by atoms with Crippen molar-refractivity contribution < 1.29 is 8.23 Å². The average Bonchev–Trinajstić information content (AvgIpc) is 2.29. The van der Waals surface area contributed by atoms with Crippen molar-refractivity contribution in [2.75, 3.05) is 18.0 Å². The number of hydrogen-bond donors (Lipinski definition) is 3. The minimum atomic E-state index is -0.524. The van der Waals surface area contributed by atoms with Crippen LogP contribution in [-0.4, -0.2) is 51.8 Å². The summed E-state index contributed by atoms with van der Waals surface area (Å²) in [6.07, 6.45) is 2.39. The van der Waals surface area contributed by atoms with Gasteiger partial charge in [-0.05, 0) is 19.0 Å². The maximum Gasteiger partial charge on any atom is 0.282 e. The first-order chi connectivity index (χ1) is 8.20. The molecule has 0 aliphatic rings. The SMILES string of the molecule is NCCC[SiH2]O[SiH2]O[SiH3].Nc1ncnc(N)n1. The number of nitrogens with two attached hydrogens (primary N) is 3. The third-order valence-electron chi connectivity index (χ3n) is 1.55. The van der Waals surface area contributed by atoms with E-state index in [1.165, 1.54) is 12.4 Å². The van der Waals surface area contributed by atoms with E-state index in [0.717, 1.165) is 23.5 Å². The Bertz CT molecular complexity index is 271. The highest BCUT2D eigenvalue weighted by molar-refractivity contribution is 6.41. The van der Waals surface area contributed by atoms with Crippen LogP contribution in [0.25, 0.3) is 0 Å². The van der Waals surface area contributed by atoms with Gasteiger partial charge in [-0.2, -0.15) is 4.98 Å². The molecule has 0 unspecified atom stereocenters. The Labute approximate surface area is 108 Å². The molecule has 0 saturated heterocycles. The highest BCUT2D eigenvalue weighted by atomic mass is 28.3. The monoisotopic (exact) mass is 292 g/mol. The number of anilines is 2. The van der Waals surface area contributed by atoms with Gasteiger partial charge in [0.25, 0.3) is 10.0 Å². The second-order valence-corrected chi connectivity index (χ2v) is 8.31. The van der Waals surface area contributed by atoms with Gasteiger partial charge in [0, 0.05) is 0 Å². The summed E-state index contributed by atoms with van der Waals surface area (Å²) in [5, 5.41) is 0. The van der Waals surface area contributed by atoms with E-state index in [9.17, 15) is 0 Å². The molecule has 0 aliphatic carbocycles. The largest absolute Gasteiger partial charge is 0.449 e. The quantitative estimate of drug-likeness (QED) is 0.359. The molecule has 0 aromatic carbocycles. The molecule has 1 aromatic rings. The van der Waals surface area contributed by atoms with Crippen LogP contribution in [0.4, 0.5) is 11.9 Å². The van der Waals surface area contributed by atoms with Gasteiger partial charge in [0.1, 0.15) is 26.6 Å². The highest BCUT2D eigenvalue weighted by Crippen LogP contribution is 1.88. The van der Waals surface area contributed by atoms with Gasteiger partial charge in [-0.15, -0.1) is 0 Å². The number of hydrogen-bond acceptors (Lipinski definition) is 8. The molecular weight excluding hydrogens is 272 g/mol. The molecule has 0 fully saturated rings. The van der Waals surface area contributed by atoms with E-state index in [0.29, 0.717) is 0 Å². The molecule has 0 atom stereocenters. The molecule has 0 amide bonds. The van der Waals surface area contributed by atoms with Crippen molar-refractivity contribution in [3.8, 4) is 0 Å². The predicted octanol–water partition coefficient (Wildman–Crippen LogP) is -3.81. The van der Waals surface area contributed by atoms with Crippen LogP contribution >= 0.6 is 0 Å². The molecule has 0 saturated carbocycles. The van der Waals surface area contributed by atoms with Gasteiger partial charge in [-0.1, -0.05) is 0 Å². The van der Waals surface area contributed by atoms with Crippen molar-refractivity contribution in [2.45, 2.75) is 12.5 Å². The molecule has 17 heavy (non-hydrogen) atoms. The van der Waals surface area contributed by atoms with Crippen molar-refractivity contribution >= 4 is 42.2 Å². The van der Waals surface area contributed by atoms with Crippen LogP contribution in [0.15, 0.2) is 6.33 Å². The van der Waals surface area contributed by atoms with Gasteiger partial charge in [0.15, 0.2) is 0 Å². The second-order valence-electron chi connectivity index (χ2n) is 3.01. The smallest absolute Gasteiger partial charge is 0.282 e. The van der Waals surface area contributed by atoms with Crippen molar-refractivity contribution in [1.82, 2.24) is 15.0 Å². The fourth-order valence-electron chi connectivity index (χ4n) is 0.813. The standard InChI is InChI=1S/C3H5N5.C3H15NO2Si3/c4-2-6-1-7-3(5)8-2;4-2-1-3-8-6-9-5-7/h1H,(H4,4,5,6,7,8);1-4,8-9H2,7H3. The summed E-state index contributed by atoms with van der Waals surface area (Å²) in [6.45, 7) is 0.805. The molecular formula is C6H20N6O2Si3. The number of rotatable bonds is 6. The predicted molar refractivity (Wildman–Crippen MR) is 76.3 cm³/mol. The van der Waals surface area contributed by atoms with Crippen LogP contribution in [0.2, 0.25) is 6.04 Å². The van der Waals surface area contributed by atoms with Crippen LogP contribution in [0.1, 0.15) is 6.42 Å². The topological polar surface area (TPSA) is 135 Å². The van der Waals surface area contributed by atoms with Gasteiger partial charge in [-0.3, -0.25) is 0 Å². The number of nitrogens with zero attached hydrogens (tertiary/aromatic N) is 3. The zero-order valence-electron chi connectivity index (χ0n) is 10.0. The molecule has 11 heteroatoms. The zero-order chi connectivity index (χ0) is 12.9. The fraction of sp³-hybridized carbons (Fsp3) is 0.500. The van der Waals surface area contributed by atoms with E-state index < -0.39 is 10.0 Å². The zero-order valence-corrected chi connectivity index (χ0v) is 14.8. The summed E-state index contributed by atoms with van der Waals surface area (Å²) >= 11 is 0. The third-order valence-corrected chi connectivity index (χ3v) is 5.11. The molecule has 6 N–H and O–H groups in total. The summed E-state index contributed by atoms with van der Waals surface area (Å²) in [5.74, 6) is 0.301. The van der Waals surface area contributed by atoms with E-state index in [4.69, 9.17) is 25.4 Å². The van der Waals surface area contributed by atoms with Crippen molar-refractivity contribution in [1.29, 1.82) is 0 Å². The van der Waals surface area contributed by atoms with E-state index in [1.807, 2.05) is 0 Å². The van der Waals surface area contributed by atoms with Crippen molar-refractivity contribution in [2.24, 2.45) is 5.73 Å². The summed E-state index contributed by atoms with van der Waals surface area (Å²) in [6, 6.07) is 1.22. The highest BCUT2D eigenvalue weighted by Gasteiger charge is 1.87. The van der Waals surface area contributed by atoms with Crippen LogP contribution in [0.3, 0.4) is 0 Å². The third kappa shape index (κ3) is 11.4. The minimum absolute atomic E-state index is 0.150. The molecule has 1 rings (SSSR count). The van der Waals surface area contributed by atoms with Crippen LogP contribution < -0.4 is 17.2 Å². The summed E-state index contributed by atoms with van der Waals surface area (Å²) in [7, 11) is 0.0872. The maximum atomic E-state index is 5.32. The van der Waals surface area contributed by atoms with E-state index in [2.05, 4.69) is 15.0 Å². The maximum absolute atomic E-state index is 5.32. The first kappa shape index (κ1) is 16.1. The van der Waals surface area contributed by atoms with E-state index in [-0.39, 0.29) is 21.7 Å². The summed E-state index contributed by atoms with van der Waals surface area (Å²) in [5.41, 5.74) is 15.5. The lowest BCUT2D eigenvalue weighted by Gasteiger charge is -1.99. The Kier molecular flexibility index (Phi) is 11.0. The van der Waals surface area contributed by atoms with Crippen molar-refractivity contribution in [3.05, 3.63) is 6.33 Å². The van der Waals surface area contributed by atoms with E-state index >= 15 is 0 Å².